The van der Waals surface area contributed by atoms with Gasteiger partial charge in [0.2, 0.25) is 0 Å². The summed E-state index contributed by atoms with van der Waals surface area (Å²) in [6.07, 6.45) is 1.21. The Morgan fingerprint density at radius 2 is 1.82 bits per heavy atom. The summed E-state index contributed by atoms with van der Waals surface area (Å²) in [5, 5.41) is 37.1. The molecular formula is C25H41NO7. The maximum absolute atomic E-state index is 12.9. The second-order valence-electron chi connectivity index (χ2n) is 11.9. The van der Waals surface area contributed by atoms with Gasteiger partial charge in [0.1, 0.15) is 11.2 Å². The zero-order valence-corrected chi connectivity index (χ0v) is 20.6. The first-order chi connectivity index (χ1) is 15.8. The van der Waals surface area contributed by atoms with E-state index in [0.717, 1.165) is 32.4 Å². The zero-order valence-electron chi connectivity index (χ0n) is 20.6. The van der Waals surface area contributed by atoms with Crippen LogP contribution in [0.3, 0.4) is 0 Å². The van der Waals surface area contributed by atoms with Crippen LogP contribution in [0, 0.1) is 34.5 Å². The highest BCUT2D eigenvalue weighted by molar-refractivity contribution is 5.41. The van der Waals surface area contributed by atoms with Gasteiger partial charge in [-0.3, -0.25) is 4.90 Å². The maximum atomic E-state index is 12.9. The van der Waals surface area contributed by atoms with Crippen molar-refractivity contribution in [3.63, 3.8) is 0 Å². The molecule has 8 nitrogen and oxygen atoms in total. The van der Waals surface area contributed by atoms with Gasteiger partial charge < -0.3 is 34.3 Å². The quantitative estimate of drug-likeness (QED) is 0.512. The molecule has 13 atom stereocenters. The highest BCUT2D eigenvalue weighted by Crippen LogP contribution is 2.80. The summed E-state index contributed by atoms with van der Waals surface area (Å²) in [5.41, 5.74) is -3.70. The summed E-state index contributed by atoms with van der Waals surface area (Å²) in [4.78, 5) is 2.38. The number of ether oxygens (including phenoxy) is 4. The van der Waals surface area contributed by atoms with E-state index in [1.807, 2.05) is 0 Å². The summed E-state index contributed by atoms with van der Waals surface area (Å²) in [5.74, 6) is -0.492. The standard InChI is InChI=1S/C25H41NO7/c1-6-26-11-22(12-30-2)8-7-16(32-4)24-14-9-13-15(31-3)10-23(28,17(14)18(13)27)25(29,21(24)26)20(33-5)19(22)24/h13-21,27-29H,6-12H2,1-5H3/t13-,14-,15+,16-,17-,18+,19-,20+,21+,22+,23-,24?,25-/m1/s1. The molecule has 5 saturated carbocycles. The smallest absolute Gasteiger partial charge is 0.136 e. The first-order valence-electron chi connectivity index (χ1n) is 12.7. The van der Waals surface area contributed by atoms with Gasteiger partial charge in [-0.05, 0) is 31.7 Å². The van der Waals surface area contributed by atoms with Crippen LogP contribution in [0.25, 0.3) is 0 Å². The maximum Gasteiger partial charge on any atom is 0.136 e. The second kappa shape index (κ2) is 7.13. The SMILES string of the molecule is CCN1C[C@]2(COC)CC[C@@H](OC)C34[C@@H]5C[C@H]6[C@H](O)[C@@H]5[C@](O)(C[C@@H]6OC)[C@@](O)([C@@H](OC)[C@@H]32)[C@@H]14. The van der Waals surface area contributed by atoms with Crippen molar-refractivity contribution in [2.75, 3.05) is 48.1 Å². The van der Waals surface area contributed by atoms with Crippen molar-refractivity contribution in [1.82, 2.24) is 4.90 Å². The molecular weight excluding hydrogens is 426 g/mol. The van der Waals surface area contributed by atoms with Gasteiger partial charge >= 0.3 is 0 Å². The van der Waals surface area contributed by atoms with E-state index in [9.17, 15) is 15.3 Å². The van der Waals surface area contributed by atoms with E-state index in [2.05, 4.69) is 11.8 Å². The molecule has 1 saturated heterocycles. The van der Waals surface area contributed by atoms with Crippen LogP contribution < -0.4 is 0 Å². The van der Waals surface area contributed by atoms with E-state index in [4.69, 9.17) is 18.9 Å². The van der Waals surface area contributed by atoms with E-state index in [0.29, 0.717) is 13.0 Å². The molecule has 1 spiro atoms. The second-order valence-corrected chi connectivity index (χ2v) is 11.9. The predicted molar refractivity (Wildman–Crippen MR) is 119 cm³/mol. The minimum absolute atomic E-state index is 0.00825. The minimum Gasteiger partial charge on any atom is -0.392 e. The van der Waals surface area contributed by atoms with Crippen LogP contribution in [0.5, 0.6) is 0 Å². The molecule has 0 aromatic rings. The predicted octanol–water partition coefficient (Wildman–Crippen LogP) is 0.271. The first-order valence-corrected chi connectivity index (χ1v) is 12.7. The lowest BCUT2D eigenvalue weighted by molar-refractivity contribution is -0.318. The monoisotopic (exact) mass is 467 g/mol. The van der Waals surface area contributed by atoms with Gasteiger partial charge in [0.25, 0.3) is 0 Å². The lowest BCUT2D eigenvalue weighted by Crippen LogP contribution is -2.82. The van der Waals surface area contributed by atoms with Crippen LogP contribution in [-0.4, -0.2) is 110 Å². The fraction of sp³-hybridized carbons (Fsp3) is 1.00. The van der Waals surface area contributed by atoms with Crippen molar-refractivity contribution in [1.29, 1.82) is 0 Å². The molecule has 1 unspecified atom stereocenters. The van der Waals surface area contributed by atoms with Crippen molar-refractivity contribution in [3.05, 3.63) is 0 Å². The van der Waals surface area contributed by atoms with E-state index < -0.39 is 34.7 Å². The van der Waals surface area contributed by atoms with E-state index in [-0.39, 0.29) is 41.4 Å². The van der Waals surface area contributed by atoms with Crippen LogP contribution >= 0.6 is 0 Å². The topological polar surface area (TPSA) is 101 Å². The Labute approximate surface area is 196 Å². The van der Waals surface area contributed by atoms with Crippen LogP contribution in [0.4, 0.5) is 0 Å². The number of piperidine rings is 1. The molecule has 5 aliphatic carbocycles. The molecule has 6 rings (SSSR count). The average Bonchev–Trinajstić information content (AvgIpc) is 3.16. The molecule has 7 bridgehead atoms. The van der Waals surface area contributed by atoms with E-state index >= 15 is 0 Å². The summed E-state index contributed by atoms with van der Waals surface area (Å²) in [6, 6.07) is -0.312. The van der Waals surface area contributed by atoms with Crippen molar-refractivity contribution in [2.45, 2.75) is 74.3 Å². The highest BCUT2D eigenvalue weighted by Gasteiger charge is 2.91. The van der Waals surface area contributed by atoms with Crippen molar-refractivity contribution in [2.24, 2.45) is 34.5 Å². The normalized spacial score (nSPS) is 60.9. The molecule has 6 aliphatic rings. The van der Waals surface area contributed by atoms with Gasteiger partial charge in [-0.2, -0.15) is 0 Å². The average molecular weight is 468 g/mol. The number of nitrogens with zero attached hydrogens (tertiary/aromatic N) is 1. The molecule has 8 heteroatoms. The molecule has 1 aliphatic heterocycles. The number of aliphatic hydroxyl groups excluding tert-OH is 1. The lowest BCUT2D eigenvalue weighted by atomic mass is 9.42. The number of likely N-dealkylation sites (N-methyl/N-ethyl adjacent to an activating group) is 1. The molecule has 33 heavy (non-hydrogen) atoms. The third-order valence-electron chi connectivity index (χ3n) is 11.5. The number of hydrogen-bond donors (Lipinski definition) is 3. The van der Waals surface area contributed by atoms with Gasteiger partial charge in [0.05, 0.1) is 37.1 Å². The number of rotatable bonds is 6. The minimum atomic E-state index is -1.55. The van der Waals surface area contributed by atoms with Crippen LogP contribution in [0.15, 0.2) is 0 Å². The largest absolute Gasteiger partial charge is 0.392 e. The lowest BCUT2D eigenvalue weighted by Gasteiger charge is -2.70. The fourth-order valence-corrected chi connectivity index (χ4v) is 11.0. The number of hydrogen-bond acceptors (Lipinski definition) is 8. The Morgan fingerprint density at radius 1 is 1.06 bits per heavy atom. The van der Waals surface area contributed by atoms with Gasteiger partial charge in [-0.25, -0.2) is 0 Å². The Kier molecular flexibility index (Phi) is 4.99. The van der Waals surface area contributed by atoms with Gasteiger partial charge in [0, 0.05) is 70.0 Å². The first kappa shape index (κ1) is 23.1. The molecule has 1 heterocycles. The number of aliphatic hydroxyl groups is 3. The summed E-state index contributed by atoms with van der Waals surface area (Å²) < 4.78 is 24.2. The van der Waals surface area contributed by atoms with Gasteiger partial charge in [-0.1, -0.05) is 6.92 Å². The molecule has 3 N–H and O–H groups in total. The summed E-state index contributed by atoms with van der Waals surface area (Å²) in [6.45, 7) is 4.28. The van der Waals surface area contributed by atoms with Crippen molar-refractivity contribution < 1.29 is 34.3 Å². The van der Waals surface area contributed by atoms with Crippen LogP contribution in [0.1, 0.15) is 32.6 Å². The Balaban J connectivity index is 1.68. The third-order valence-corrected chi connectivity index (χ3v) is 11.5. The molecule has 0 aromatic heterocycles. The van der Waals surface area contributed by atoms with Crippen molar-refractivity contribution >= 4 is 0 Å². The van der Waals surface area contributed by atoms with Crippen molar-refractivity contribution in [3.8, 4) is 0 Å². The third kappa shape index (κ3) is 2.20. The van der Waals surface area contributed by atoms with E-state index in [1.165, 1.54) is 0 Å². The molecule has 0 amide bonds. The van der Waals surface area contributed by atoms with Gasteiger partial charge in [0.15, 0.2) is 0 Å². The number of fused-ring (bicyclic) bond motifs is 2. The molecule has 6 fully saturated rings. The molecule has 0 aromatic carbocycles. The highest BCUT2D eigenvalue weighted by atomic mass is 16.5. The fourth-order valence-electron chi connectivity index (χ4n) is 11.0. The summed E-state index contributed by atoms with van der Waals surface area (Å²) in [7, 11) is 6.85. The van der Waals surface area contributed by atoms with Crippen LogP contribution in [-0.2, 0) is 18.9 Å². The van der Waals surface area contributed by atoms with Crippen LogP contribution in [0.2, 0.25) is 0 Å². The van der Waals surface area contributed by atoms with E-state index in [1.54, 1.807) is 28.4 Å². The number of likely N-dealkylation sites (tertiary alicyclic amines) is 1. The Morgan fingerprint density at radius 3 is 2.42 bits per heavy atom. The summed E-state index contributed by atoms with van der Waals surface area (Å²) >= 11 is 0. The number of methoxy groups -OCH3 is 4. The van der Waals surface area contributed by atoms with Gasteiger partial charge in [-0.15, -0.1) is 0 Å². The Bertz CT molecular complexity index is 814. The molecule has 188 valence electrons. The zero-order chi connectivity index (χ0) is 23.6. The Hall–Kier alpha value is -0.320. The molecule has 0 radical (unpaired) electrons.